The van der Waals surface area contributed by atoms with Crippen molar-refractivity contribution in [2.24, 2.45) is 0 Å². The van der Waals surface area contributed by atoms with Crippen LogP contribution in [0, 0.1) is 5.82 Å². The minimum Gasteiger partial charge on any atom is -0.263 e. The van der Waals surface area contributed by atoms with Gasteiger partial charge in [0.05, 0.1) is 6.54 Å². The highest BCUT2D eigenvalue weighted by Crippen LogP contribution is 2.18. The molecule has 1 aliphatic rings. The van der Waals surface area contributed by atoms with E-state index in [1.54, 1.807) is 13.8 Å². The molecule has 0 bridgehead atoms. The summed E-state index contributed by atoms with van der Waals surface area (Å²) in [6.45, 7) is 3.28. The number of imide groups is 2. The first-order chi connectivity index (χ1) is 8.91. The Morgan fingerprint density at radius 2 is 1.63 bits per heavy atom. The zero-order valence-electron chi connectivity index (χ0n) is 10.6. The van der Waals surface area contributed by atoms with Crippen molar-refractivity contribution in [1.82, 2.24) is 9.80 Å². The van der Waals surface area contributed by atoms with Crippen LogP contribution in [-0.4, -0.2) is 33.7 Å². The molecule has 0 spiro atoms. The van der Waals surface area contributed by atoms with Gasteiger partial charge in [-0.3, -0.25) is 19.4 Å². The maximum atomic E-state index is 12.8. The van der Waals surface area contributed by atoms with Crippen molar-refractivity contribution in [3.05, 3.63) is 35.6 Å². The van der Waals surface area contributed by atoms with E-state index in [2.05, 4.69) is 0 Å². The molecule has 1 aromatic carbocycles. The maximum absolute atomic E-state index is 12.8. The molecule has 0 aliphatic carbocycles. The Labute approximate surface area is 109 Å². The average Bonchev–Trinajstić information content (AvgIpc) is 2.56. The molecule has 5 nitrogen and oxygen atoms in total. The third-order valence-electron chi connectivity index (χ3n) is 2.85. The standard InChI is InChI=1S/C13H13FN2O3/c1-8(2)16-12(18)11(17)15(13(16)19)7-9-3-5-10(14)6-4-9/h3-6,8H,7H2,1-2H3. The van der Waals surface area contributed by atoms with E-state index in [4.69, 9.17) is 0 Å². The van der Waals surface area contributed by atoms with E-state index in [1.807, 2.05) is 0 Å². The van der Waals surface area contributed by atoms with E-state index >= 15 is 0 Å². The highest BCUT2D eigenvalue weighted by molar-refractivity contribution is 6.44. The zero-order valence-corrected chi connectivity index (χ0v) is 10.6. The molecular formula is C13H13FN2O3. The van der Waals surface area contributed by atoms with Gasteiger partial charge in [0.2, 0.25) is 0 Å². The normalized spacial score (nSPS) is 15.9. The van der Waals surface area contributed by atoms with Crippen LogP contribution in [-0.2, 0) is 16.1 Å². The lowest BCUT2D eigenvalue weighted by Gasteiger charge is -2.18. The molecule has 0 aromatic heterocycles. The van der Waals surface area contributed by atoms with Gasteiger partial charge in [0.1, 0.15) is 5.82 Å². The molecule has 1 aliphatic heterocycles. The largest absolute Gasteiger partial charge is 0.334 e. The predicted molar refractivity (Wildman–Crippen MR) is 64.3 cm³/mol. The first-order valence-corrected chi connectivity index (χ1v) is 5.85. The van der Waals surface area contributed by atoms with E-state index in [9.17, 15) is 18.8 Å². The third-order valence-corrected chi connectivity index (χ3v) is 2.85. The number of hydrogen-bond donors (Lipinski definition) is 0. The van der Waals surface area contributed by atoms with Gasteiger partial charge in [-0.15, -0.1) is 0 Å². The van der Waals surface area contributed by atoms with Crippen molar-refractivity contribution in [2.45, 2.75) is 26.4 Å². The average molecular weight is 264 g/mol. The molecule has 1 saturated heterocycles. The quantitative estimate of drug-likeness (QED) is 0.614. The Hall–Kier alpha value is -2.24. The number of hydrogen-bond acceptors (Lipinski definition) is 3. The number of carbonyl (C=O) groups is 3. The van der Waals surface area contributed by atoms with E-state index in [0.717, 1.165) is 9.80 Å². The molecule has 0 saturated carbocycles. The molecule has 0 N–H and O–H groups in total. The van der Waals surface area contributed by atoms with Gasteiger partial charge in [0.15, 0.2) is 0 Å². The van der Waals surface area contributed by atoms with Gasteiger partial charge in [0.25, 0.3) is 0 Å². The zero-order chi connectivity index (χ0) is 14.2. The Balaban J connectivity index is 2.21. The van der Waals surface area contributed by atoms with Gasteiger partial charge in [-0.2, -0.15) is 0 Å². The molecule has 1 heterocycles. The second kappa shape index (κ2) is 4.79. The first kappa shape index (κ1) is 13.2. The maximum Gasteiger partial charge on any atom is 0.334 e. The highest BCUT2D eigenvalue weighted by atomic mass is 19.1. The Kier molecular flexibility index (Phi) is 3.33. The van der Waals surface area contributed by atoms with Crippen LogP contribution in [0.1, 0.15) is 19.4 Å². The summed E-state index contributed by atoms with van der Waals surface area (Å²) in [6, 6.07) is 4.41. The van der Waals surface area contributed by atoms with Crippen LogP contribution in [0.25, 0.3) is 0 Å². The smallest absolute Gasteiger partial charge is 0.263 e. The fourth-order valence-electron chi connectivity index (χ4n) is 1.89. The number of urea groups is 1. The van der Waals surface area contributed by atoms with Crippen LogP contribution in [0.4, 0.5) is 9.18 Å². The van der Waals surface area contributed by atoms with Crippen LogP contribution in [0.3, 0.4) is 0 Å². The molecule has 0 unspecified atom stereocenters. The highest BCUT2D eigenvalue weighted by Gasteiger charge is 2.45. The van der Waals surface area contributed by atoms with Crippen LogP contribution >= 0.6 is 0 Å². The fraction of sp³-hybridized carbons (Fsp3) is 0.308. The van der Waals surface area contributed by atoms with Gasteiger partial charge < -0.3 is 0 Å². The van der Waals surface area contributed by atoms with Crippen LogP contribution in [0.2, 0.25) is 0 Å². The summed E-state index contributed by atoms with van der Waals surface area (Å²) in [4.78, 5) is 37.2. The molecule has 0 radical (unpaired) electrons. The minimum absolute atomic E-state index is 0.0348. The number of rotatable bonds is 3. The lowest BCUT2D eigenvalue weighted by molar-refractivity contribution is -0.144. The molecule has 1 fully saturated rings. The number of amides is 4. The summed E-state index contributed by atoms with van der Waals surface area (Å²) < 4.78 is 12.8. The van der Waals surface area contributed by atoms with E-state index < -0.39 is 23.7 Å². The molecule has 4 amide bonds. The van der Waals surface area contributed by atoms with Crippen molar-refractivity contribution in [2.75, 3.05) is 0 Å². The molecule has 19 heavy (non-hydrogen) atoms. The Morgan fingerprint density at radius 1 is 1.05 bits per heavy atom. The van der Waals surface area contributed by atoms with Gasteiger partial charge in [-0.25, -0.2) is 9.18 Å². The lowest BCUT2D eigenvalue weighted by Crippen LogP contribution is -2.37. The summed E-state index contributed by atoms with van der Waals surface area (Å²) >= 11 is 0. The van der Waals surface area contributed by atoms with Crippen LogP contribution in [0.5, 0.6) is 0 Å². The molecule has 1 aromatic rings. The van der Waals surface area contributed by atoms with Gasteiger partial charge in [-0.05, 0) is 31.5 Å². The van der Waals surface area contributed by atoms with Crippen LogP contribution < -0.4 is 0 Å². The van der Waals surface area contributed by atoms with E-state index in [1.165, 1.54) is 24.3 Å². The molecule has 6 heteroatoms. The molecule has 0 atom stereocenters. The summed E-state index contributed by atoms with van der Waals surface area (Å²) in [5.41, 5.74) is 0.585. The second-order valence-electron chi connectivity index (χ2n) is 4.57. The topological polar surface area (TPSA) is 57.7 Å². The summed E-state index contributed by atoms with van der Waals surface area (Å²) in [5.74, 6) is -2.06. The van der Waals surface area contributed by atoms with Crippen LogP contribution in [0.15, 0.2) is 24.3 Å². The predicted octanol–water partition coefficient (Wildman–Crippen LogP) is 1.52. The number of halogens is 1. The van der Waals surface area contributed by atoms with Gasteiger partial charge in [-0.1, -0.05) is 12.1 Å². The monoisotopic (exact) mass is 264 g/mol. The summed E-state index contributed by atoms with van der Waals surface area (Å²) in [7, 11) is 0. The first-order valence-electron chi connectivity index (χ1n) is 5.85. The van der Waals surface area contributed by atoms with Gasteiger partial charge >= 0.3 is 17.8 Å². The Morgan fingerprint density at radius 3 is 2.11 bits per heavy atom. The van der Waals surface area contributed by atoms with E-state index in [-0.39, 0.29) is 12.6 Å². The molecule has 100 valence electrons. The molecule has 2 rings (SSSR count). The third kappa shape index (κ3) is 2.33. The minimum atomic E-state index is -0.844. The van der Waals surface area contributed by atoms with Gasteiger partial charge in [0, 0.05) is 6.04 Å². The Bertz CT molecular complexity index is 539. The molecular weight excluding hydrogens is 251 g/mol. The van der Waals surface area contributed by atoms with E-state index in [0.29, 0.717) is 5.56 Å². The fourth-order valence-corrected chi connectivity index (χ4v) is 1.89. The van der Waals surface area contributed by atoms with Crippen molar-refractivity contribution < 1.29 is 18.8 Å². The SMILES string of the molecule is CC(C)N1C(=O)C(=O)N(Cc2ccc(F)cc2)C1=O. The lowest BCUT2D eigenvalue weighted by atomic mass is 10.2. The number of carbonyl (C=O) groups excluding carboxylic acids is 3. The number of nitrogens with zero attached hydrogens (tertiary/aromatic N) is 2. The summed E-state index contributed by atoms with van der Waals surface area (Å²) in [5, 5.41) is 0. The van der Waals surface area contributed by atoms with Crippen molar-refractivity contribution in [3.8, 4) is 0 Å². The summed E-state index contributed by atoms with van der Waals surface area (Å²) in [6.07, 6.45) is 0. The second-order valence-corrected chi connectivity index (χ2v) is 4.57. The van der Waals surface area contributed by atoms with Crippen molar-refractivity contribution in [3.63, 3.8) is 0 Å². The van der Waals surface area contributed by atoms with Crippen molar-refractivity contribution >= 4 is 17.8 Å². The number of benzene rings is 1. The van der Waals surface area contributed by atoms with Crippen molar-refractivity contribution in [1.29, 1.82) is 0 Å².